The van der Waals surface area contributed by atoms with Crippen LogP contribution in [0.5, 0.6) is 0 Å². The molecule has 0 atom stereocenters. The number of H-pyrrole nitrogens is 2. The molecule has 0 spiro atoms. The van der Waals surface area contributed by atoms with Gasteiger partial charge >= 0.3 is 0 Å². The van der Waals surface area contributed by atoms with E-state index in [1.165, 1.54) is 0 Å². The summed E-state index contributed by atoms with van der Waals surface area (Å²) in [5.74, 6) is -0.532. The van der Waals surface area contributed by atoms with Gasteiger partial charge < -0.3 is 14.9 Å². The lowest BCUT2D eigenvalue weighted by Crippen LogP contribution is -2.35. The molecular formula is C20H15ClF2N4O. The van der Waals surface area contributed by atoms with Crippen LogP contribution in [0.25, 0.3) is 21.9 Å². The zero-order valence-corrected chi connectivity index (χ0v) is 15.4. The third-order valence-corrected chi connectivity index (χ3v) is 5.41. The number of nitrogens with one attached hydrogen (secondary N) is 2. The van der Waals surface area contributed by atoms with Gasteiger partial charge in [0.25, 0.3) is 12.3 Å². The first-order valence-corrected chi connectivity index (χ1v) is 9.23. The van der Waals surface area contributed by atoms with E-state index in [1.54, 1.807) is 23.1 Å². The van der Waals surface area contributed by atoms with E-state index in [0.717, 1.165) is 28.6 Å². The van der Waals surface area contributed by atoms with E-state index in [9.17, 15) is 13.6 Å². The number of hydrogen-bond acceptors (Lipinski definition) is 2. The van der Waals surface area contributed by atoms with Crippen LogP contribution in [0, 0.1) is 0 Å². The van der Waals surface area contributed by atoms with E-state index >= 15 is 0 Å². The number of carbonyl (C=O) groups is 1. The molecule has 0 fully saturated rings. The Labute approximate surface area is 163 Å². The maximum absolute atomic E-state index is 13.0. The fourth-order valence-corrected chi connectivity index (χ4v) is 3.98. The normalized spacial score (nSPS) is 14.2. The summed E-state index contributed by atoms with van der Waals surface area (Å²) < 4.78 is 25.7. The number of halogens is 3. The Morgan fingerprint density at radius 2 is 2.00 bits per heavy atom. The molecule has 1 aliphatic rings. The summed E-state index contributed by atoms with van der Waals surface area (Å²) in [7, 11) is 0. The van der Waals surface area contributed by atoms with Gasteiger partial charge in [-0.25, -0.2) is 13.8 Å². The molecule has 8 heteroatoms. The van der Waals surface area contributed by atoms with Gasteiger partial charge in [-0.2, -0.15) is 0 Å². The molecule has 2 N–H and O–H groups in total. The number of nitrogens with zero attached hydrogens (tertiary/aromatic N) is 2. The summed E-state index contributed by atoms with van der Waals surface area (Å²) in [6.07, 6.45) is -1.96. The molecule has 0 aliphatic carbocycles. The van der Waals surface area contributed by atoms with E-state index in [4.69, 9.17) is 11.6 Å². The second kappa shape index (κ2) is 6.31. The highest BCUT2D eigenvalue weighted by Gasteiger charge is 2.25. The van der Waals surface area contributed by atoms with Gasteiger partial charge in [-0.05, 0) is 36.4 Å². The highest BCUT2D eigenvalue weighted by atomic mass is 35.5. The van der Waals surface area contributed by atoms with Crippen LogP contribution in [0.4, 0.5) is 8.78 Å². The second-order valence-corrected chi connectivity index (χ2v) is 7.34. The quantitative estimate of drug-likeness (QED) is 0.506. The van der Waals surface area contributed by atoms with Crippen molar-refractivity contribution >= 4 is 39.4 Å². The van der Waals surface area contributed by atoms with Crippen LogP contribution < -0.4 is 0 Å². The van der Waals surface area contributed by atoms with Crippen LogP contribution in [0.1, 0.15) is 33.9 Å². The number of carbonyl (C=O) groups excluding carboxylic acids is 1. The molecule has 142 valence electrons. The van der Waals surface area contributed by atoms with Gasteiger partial charge in [0.05, 0.1) is 11.0 Å². The van der Waals surface area contributed by atoms with Crippen LogP contribution >= 0.6 is 11.6 Å². The second-order valence-electron chi connectivity index (χ2n) is 6.90. The Hall–Kier alpha value is -2.93. The van der Waals surface area contributed by atoms with Gasteiger partial charge in [-0.3, -0.25) is 4.79 Å². The molecule has 5 nitrogen and oxygen atoms in total. The van der Waals surface area contributed by atoms with Crippen molar-refractivity contribution in [1.29, 1.82) is 0 Å². The van der Waals surface area contributed by atoms with Gasteiger partial charge in [-0.1, -0.05) is 11.6 Å². The SMILES string of the molecule is O=C(c1ccc2nc(C(F)F)[nH]c2c1)N1CCc2[nH]c3ccc(Cl)cc3c2C1. The summed E-state index contributed by atoms with van der Waals surface area (Å²) in [6, 6.07) is 10.5. The lowest BCUT2D eigenvalue weighted by Gasteiger charge is -2.27. The largest absolute Gasteiger partial charge is 0.358 e. The number of aromatic nitrogens is 3. The van der Waals surface area contributed by atoms with Gasteiger partial charge in [0, 0.05) is 52.3 Å². The Bertz CT molecular complexity index is 1230. The van der Waals surface area contributed by atoms with Gasteiger partial charge in [0.15, 0.2) is 5.82 Å². The summed E-state index contributed by atoms with van der Waals surface area (Å²) in [6.45, 7) is 1.05. The molecule has 0 saturated carbocycles. The molecule has 0 unspecified atom stereocenters. The third-order valence-electron chi connectivity index (χ3n) is 5.18. The topological polar surface area (TPSA) is 64.8 Å². The van der Waals surface area contributed by atoms with Crippen LogP contribution in [0.2, 0.25) is 5.02 Å². The smallest absolute Gasteiger partial charge is 0.295 e. The molecule has 1 aliphatic heterocycles. The van der Waals surface area contributed by atoms with Crippen molar-refractivity contribution in [2.45, 2.75) is 19.4 Å². The van der Waals surface area contributed by atoms with Crippen molar-refractivity contribution in [3.63, 3.8) is 0 Å². The maximum atomic E-state index is 13.0. The monoisotopic (exact) mass is 400 g/mol. The standard InChI is InChI=1S/C20H15ClF2N4O/c21-11-2-4-14-12(8-11)13-9-27(6-5-15(13)24-14)20(28)10-1-3-16-17(7-10)26-19(25-16)18(22)23/h1-4,7-8,18,24H,5-6,9H2,(H,25,26). The van der Waals surface area contributed by atoms with E-state index in [1.807, 2.05) is 18.2 Å². The minimum absolute atomic E-state index is 0.142. The number of rotatable bonds is 2. The van der Waals surface area contributed by atoms with Crippen molar-refractivity contribution < 1.29 is 13.6 Å². The van der Waals surface area contributed by atoms with Gasteiger partial charge in [0.1, 0.15) is 0 Å². The Morgan fingerprint density at radius 3 is 2.82 bits per heavy atom. The molecule has 3 heterocycles. The molecular weight excluding hydrogens is 386 g/mol. The molecule has 0 radical (unpaired) electrons. The summed E-state index contributed by atoms with van der Waals surface area (Å²) >= 11 is 6.14. The van der Waals surface area contributed by atoms with E-state index in [-0.39, 0.29) is 5.91 Å². The van der Waals surface area contributed by atoms with Crippen LogP contribution in [0.15, 0.2) is 36.4 Å². The molecule has 0 bridgehead atoms. The highest BCUT2D eigenvalue weighted by molar-refractivity contribution is 6.31. The number of alkyl halides is 2. The fourth-order valence-electron chi connectivity index (χ4n) is 3.81. The van der Waals surface area contributed by atoms with Crippen molar-refractivity contribution in [3.05, 3.63) is 64.1 Å². The zero-order chi connectivity index (χ0) is 19.4. The van der Waals surface area contributed by atoms with Crippen LogP contribution in [-0.2, 0) is 13.0 Å². The van der Waals surface area contributed by atoms with Crippen molar-refractivity contribution in [3.8, 4) is 0 Å². The van der Waals surface area contributed by atoms with E-state index < -0.39 is 12.2 Å². The molecule has 28 heavy (non-hydrogen) atoms. The average molecular weight is 401 g/mol. The number of fused-ring (bicyclic) bond motifs is 4. The molecule has 0 saturated heterocycles. The van der Waals surface area contributed by atoms with Crippen molar-refractivity contribution in [1.82, 2.24) is 19.9 Å². The highest BCUT2D eigenvalue weighted by Crippen LogP contribution is 2.30. The molecule has 2 aromatic carbocycles. The Balaban J connectivity index is 1.47. The first-order chi connectivity index (χ1) is 13.5. The summed E-state index contributed by atoms with van der Waals surface area (Å²) in [4.78, 5) is 24.6. The lowest BCUT2D eigenvalue weighted by atomic mass is 10.0. The first-order valence-electron chi connectivity index (χ1n) is 8.85. The minimum atomic E-state index is -2.68. The summed E-state index contributed by atoms with van der Waals surface area (Å²) in [5.41, 5.74) is 4.48. The maximum Gasteiger partial charge on any atom is 0.295 e. The predicted octanol–water partition coefficient (Wildman–Crippen LogP) is 4.83. The number of hydrogen-bond donors (Lipinski definition) is 2. The Kier molecular flexibility index (Phi) is 3.87. The Morgan fingerprint density at radius 1 is 1.14 bits per heavy atom. The van der Waals surface area contributed by atoms with Crippen molar-refractivity contribution in [2.24, 2.45) is 0 Å². The van der Waals surface area contributed by atoms with E-state index in [2.05, 4.69) is 15.0 Å². The first kappa shape index (κ1) is 17.2. The molecule has 2 aromatic heterocycles. The number of imidazole rings is 1. The predicted molar refractivity (Wildman–Crippen MR) is 103 cm³/mol. The van der Waals surface area contributed by atoms with Crippen LogP contribution in [0.3, 0.4) is 0 Å². The summed E-state index contributed by atoms with van der Waals surface area (Å²) in [5, 5.41) is 1.67. The van der Waals surface area contributed by atoms with Gasteiger partial charge in [-0.15, -0.1) is 0 Å². The number of aromatic amines is 2. The lowest BCUT2D eigenvalue weighted by molar-refractivity contribution is 0.0735. The third kappa shape index (κ3) is 2.74. The van der Waals surface area contributed by atoms with E-state index in [0.29, 0.717) is 34.7 Å². The fraction of sp³-hybridized carbons (Fsp3) is 0.200. The number of amides is 1. The number of benzene rings is 2. The van der Waals surface area contributed by atoms with Crippen LogP contribution in [-0.4, -0.2) is 32.3 Å². The van der Waals surface area contributed by atoms with Crippen molar-refractivity contribution in [2.75, 3.05) is 6.54 Å². The molecule has 1 amide bonds. The zero-order valence-electron chi connectivity index (χ0n) is 14.6. The van der Waals surface area contributed by atoms with Gasteiger partial charge in [0.2, 0.25) is 0 Å². The average Bonchev–Trinajstić information content (AvgIpc) is 3.27. The molecule has 4 aromatic rings. The molecule has 5 rings (SSSR count). The minimum Gasteiger partial charge on any atom is -0.358 e.